The van der Waals surface area contributed by atoms with Crippen LogP contribution < -0.4 is 0 Å². The average Bonchev–Trinajstić information content (AvgIpc) is 2.68. The molecule has 2 nitrogen and oxygen atoms in total. The molecule has 2 aromatic rings. The summed E-state index contributed by atoms with van der Waals surface area (Å²) in [7, 11) is 0. The van der Waals surface area contributed by atoms with Crippen LogP contribution in [0.15, 0.2) is 11.7 Å². The Morgan fingerprint density at radius 2 is 2.42 bits per heavy atom. The van der Waals surface area contributed by atoms with Gasteiger partial charge < -0.3 is 4.57 Å². The molecular weight excluding hydrogens is 168 g/mol. The highest BCUT2D eigenvalue weighted by molar-refractivity contribution is 7.16. The lowest BCUT2D eigenvalue weighted by atomic mass is 10.4. The SMILES string of the molecule is Cc1cn(C2CC2)c2scnc12. The number of thiazole rings is 1. The standard InChI is InChI=1S/C9H10N2S/c1-6-4-11(7-2-3-7)9-8(6)10-5-12-9/h4-5,7H,2-3H2,1H3. The van der Waals surface area contributed by atoms with Crippen LogP contribution in [0.5, 0.6) is 0 Å². The summed E-state index contributed by atoms with van der Waals surface area (Å²) in [5.41, 5.74) is 4.46. The van der Waals surface area contributed by atoms with E-state index in [4.69, 9.17) is 0 Å². The molecule has 0 bridgehead atoms. The zero-order chi connectivity index (χ0) is 8.13. The van der Waals surface area contributed by atoms with E-state index in [2.05, 4.69) is 22.7 Å². The van der Waals surface area contributed by atoms with E-state index < -0.39 is 0 Å². The maximum absolute atomic E-state index is 4.35. The first-order valence-electron chi connectivity index (χ1n) is 4.27. The van der Waals surface area contributed by atoms with Crippen LogP contribution in [0.3, 0.4) is 0 Å². The van der Waals surface area contributed by atoms with Crippen molar-refractivity contribution in [3.05, 3.63) is 17.3 Å². The highest BCUT2D eigenvalue weighted by atomic mass is 32.1. The van der Waals surface area contributed by atoms with Crippen molar-refractivity contribution in [3.8, 4) is 0 Å². The van der Waals surface area contributed by atoms with E-state index in [1.165, 1.54) is 28.8 Å². The van der Waals surface area contributed by atoms with Gasteiger partial charge in [-0.3, -0.25) is 0 Å². The number of hydrogen-bond donors (Lipinski definition) is 0. The lowest BCUT2D eigenvalue weighted by Gasteiger charge is -1.96. The van der Waals surface area contributed by atoms with Gasteiger partial charge >= 0.3 is 0 Å². The molecule has 0 N–H and O–H groups in total. The van der Waals surface area contributed by atoms with Crippen LogP contribution in [-0.4, -0.2) is 9.55 Å². The molecule has 0 unspecified atom stereocenters. The summed E-state index contributed by atoms with van der Waals surface area (Å²) in [5, 5.41) is 0. The Labute approximate surface area is 74.8 Å². The van der Waals surface area contributed by atoms with Crippen LogP contribution in [-0.2, 0) is 0 Å². The second-order valence-electron chi connectivity index (χ2n) is 3.46. The molecule has 3 heteroatoms. The number of hydrogen-bond acceptors (Lipinski definition) is 2. The molecule has 0 radical (unpaired) electrons. The second kappa shape index (κ2) is 2.10. The second-order valence-corrected chi connectivity index (χ2v) is 4.29. The van der Waals surface area contributed by atoms with Gasteiger partial charge in [-0.05, 0) is 25.3 Å². The maximum Gasteiger partial charge on any atom is 0.123 e. The molecule has 0 aliphatic heterocycles. The molecule has 1 saturated carbocycles. The van der Waals surface area contributed by atoms with Crippen molar-refractivity contribution in [1.29, 1.82) is 0 Å². The van der Waals surface area contributed by atoms with Gasteiger partial charge in [0.1, 0.15) is 10.3 Å². The molecular formula is C9H10N2S. The molecule has 2 heterocycles. The van der Waals surface area contributed by atoms with Crippen LogP contribution >= 0.6 is 11.3 Å². The zero-order valence-electron chi connectivity index (χ0n) is 6.95. The summed E-state index contributed by atoms with van der Waals surface area (Å²) in [6, 6.07) is 0.779. The van der Waals surface area contributed by atoms with E-state index in [9.17, 15) is 0 Å². The van der Waals surface area contributed by atoms with Gasteiger partial charge in [-0.2, -0.15) is 0 Å². The number of rotatable bonds is 1. The fourth-order valence-electron chi connectivity index (χ4n) is 1.65. The summed E-state index contributed by atoms with van der Waals surface area (Å²) in [6.07, 6.45) is 4.94. The fourth-order valence-corrected chi connectivity index (χ4v) is 2.55. The van der Waals surface area contributed by atoms with E-state index in [0.717, 1.165) is 6.04 Å². The predicted octanol–water partition coefficient (Wildman–Crippen LogP) is 2.74. The first kappa shape index (κ1) is 6.66. The van der Waals surface area contributed by atoms with Crippen molar-refractivity contribution in [2.45, 2.75) is 25.8 Å². The number of aryl methyl sites for hydroxylation is 1. The van der Waals surface area contributed by atoms with Gasteiger partial charge in [0.25, 0.3) is 0 Å². The molecule has 2 aromatic heterocycles. The summed E-state index contributed by atoms with van der Waals surface area (Å²) < 4.78 is 2.39. The Morgan fingerprint density at radius 1 is 1.58 bits per heavy atom. The normalized spacial score (nSPS) is 17.4. The molecule has 0 spiro atoms. The van der Waals surface area contributed by atoms with Gasteiger partial charge in [-0.15, -0.1) is 11.3 Å². The van der Waals surface area contributed by atoms with Crippen molar-refractivity contribution < 1.29 is 0 Å². The largest absolute Gasteiger partial charge is 0.335 e. The van der Waals surface area contributed by atoms with Crippen molar-refractivity contribution in [3.63, 3.8) is 0 Å². The van der Waals surface area contributed by atoms with Crippen molar-refractivity contribution in [2.24, 2.45) is 0 Å². The molecule has 1 fully saturated rings. The van der Waals surface area contributed by atoms with Gasteiger partial charge in [0.2, 0.25) is 0 Å². The van der Waals surface area contributed by atoms with Crippen LogP contribution in [0.1, 0.15) is 24.4 Å². The highest BCUT2D eigenvalue weighted by Crippen LogP contribution is 2.39. The van der Waals surface area contributed by atoms with Crippen molar-refractivity contribution in [2.75, 3.05) is 0 Å². The lowest BCUT2D eigenvalue weighted by molar-refractivity contribution is 0.778. The Morgan fingerprint density at radius 3 is 3.17 bits per heavy atom. The lowest BCUT2D eigenvalue weighted by Crippen LogP contribution is -1.87. The molecule has 0 aromatic carbocycles. The summed E-state index contributed by atoms with van der Waals surface area (Å²) >= 11 is 1.75. The van der Waals surface area contributed by atoms with E-state index in [1.54, 1.807) is 11.3 Å². The minimum Gasteiger partial charge on any atom is -0.335 e. The van der Waals surface area contributed by atoms with E-state index >= 15 is 0 Å². The summed E-state index contributed by atoms with van der Waals surface area (Å²) in [4.78, 5) is 5.70. The maximum atomic E-state index is 4.35. The zero-order valence-corrected chi connectivity index (χ0v) is 7.77. The third kappa shape index (κ3) is 0.771. The predicted molar refractivity (Wildman–Crippen MR) is 50.6 cm³/mol. The molecule has 62 valence electrons. The van der Waals surface area contributed by atoms with Crippen LogP contribution in [0.4, 0.5) is 0 Å². The molecule has 3 rings (SSSR count). The minimum absolute atomic E-state index is 0.779. The first-order valence-corrected chi connectivity index (χ1v) is 5.15. The van der Waals surface area contributed by atoms with Crippen molar-refractivity contribution in [1.82, 2.24) is 9.55 Å². The van der Waals surface area contributed by atoms with Gasteiger partial charge in [0.05, 0.1) is 5.51 Å². The first-order chi connectivity index (χ1) is 5.86. The Bertz CT molecular complexity index is 423. The molecule has 0 amide bonds. The highest BCUT2D eigenvalue weighted by Gasteiger charge is 2.25. The molecule has 0 saturated heterocycles. The van der Waals surface area contributed by atoms with E-state index in [1.807, 2.05) is 5.51 Å². The van der Waals surface area contributed by atoms with Crippen LogP contribution in [0.2, 0.25) is 0 Å². The molecule has 0 atom stereocenters. The van der Waals surface area contributed by atoms with Crippen molar-refractivity contribution >= 4 is 21.7 Å². The van der Waals surface area contributed by atoms with Gasteiger partial charge in [-0.25, -0.2) is 4.98 Å². The number of aromatic nitrogens is 2. The van der Waals surface area contributed by atoms with Gasteiger partial charge in [0.15, 0.2) is 0 Å². The summed E-state index contributed by atoms with van der Waals surface area (Å²) in [5.74, 6) is 0. The Kier molecular flexibility index (Phi) is 1.17. The minimum atomic E-state index is 0.779. The summed E-state index contributed by atoms with van der Waals surface area (Å²) in [6.45, 7) is 2.14. The third-order valence-electron chi connectivity index (χ3n) is 2.43. The monoisotopic (exact) mass is 178 g/mol. The Hall–Kier alpha value is -0.830. The Balaban J connectivity index is 2.33. The third-order valence-corrected chi connectivity index (χ3v) is 3.27. The molecule has 1 aliphatic carbocycles. The van der Waals surface area contributed by atoms with E-state index in [0.29, 0.717) is 0 Å². The van der Waals surface area contributed by atoms with Gasteiger partial charge in [0, 0.05) is 12.2 Å². The molecule has 1 aliphatic rings. The van der Waals surface area contributed by atoms with E-state index in [-0.39, 0.29) is 0 Å². The van der Waals surface area contributed by atoms with Crippen LogP contribution in [0, 0.1) is 6.92 Å². The quantitative estimate of drug-likeness (QED) is 0.656. The molecule has 12 heavy (non-hydrogen) atoms. The topological polar surface area (TPSA) is 17.8 Å². The number of nitrogens with zero attached hydrogens (tertiary/aromatic N) is 2. The fraction of sp³-hybridized carbons (Fsp3) is 0.444. The smallest absolute Gasteiger partial charge is 0.123 e. The van der Waals surface area contributed by atoms with Gasteiger partial charge in [-0.1, -0.05) is 0 Å². The average molecular weight is 178 g/mol. The van der Waals surface area contributed by atoms with Crippen LogP contribution in [0.25, 0.3) is 10.3 Å². The number of fused-ring (bicyclic) bond motifs is 1.